The van der Waals surface area contributed by atoms with Gasteiger partial charge in [-0.15, -0.1) is 0 Å². The van der Waals surface area contributed by atoms with Crippen LogP contribution in [0, 0.1) is 5.92 Å². The van der Waals surface area contributed by atoms with Gasteiger partial charge in [-0.2, -0.15) is 23.5 Å². The second-order valence-electron chi connectivity index (χ2n) is 11.0. The van der Waals surface area contributed by atoms with Gasteiger partial charge in [0.2, 0.25) is 0 Å². The Labute approximate surface area is 244 Å². The molecule has 38 heavy (non-hydrogen) atoms. The summed E-state index contributed by atoms with van der Waals surface area (Å²) in [5.74, 6) is 3.25. The number of carbonyl (C=O) groups excluding carboxylic acids is 1. The van der Waals surface area contributed by atoms with Crippen LogP contribution in [-0.4, -0.2) is 69.7 Å². The zero-order valence-electron chi connectivity index (χ0n) is 25.0. The average molecular weight is 579 g/mol. The lowest BCUT2D eigenvalue weighted by Crippen LogP contribution is -2.33. The molecule has 0 aliphatic rings. The summed E-state index contributed by atoms with van der Waals surface area (Å²) < 4.78 is 4.72. The molecule has 0 aromatic rings. The molecule has 0 spiro atoms. The monoisotopic (exact) mass is 578 g/mol. The van der Waals surface area contributed by atoms with Crippen LogP contribution in [0.3, 0.4) is 0 Å². The van der Waals surface area contributed by atoms with Crippen LogP contribution in [0.1, 0.15) is 136 Å². The van der Waals surface area contributed by atoms with E-state index in [1.54, 1.807) is 6.92 Å². The molecule has 0 aliphatic carbocycles. The van der Waals surface area contributed by atoms with E-state index in [2.05, 4.69) is 18.7 Å². The molecular weight excluding hydrogens is 516 g/mol. The predicted molar refractivity (Wildman–Crippen MR) is 167 cm³/mol. The van der Waals surface area contributed by atoms with E-state index in [4.69, 9.17) is 9.84 Å². The number of thioether (sulfide) groups is 2. The van der Waals surface area contributed by atoms with Crippen LogP contribution in [0.4, 0.5) is 0 Å². The average Bonchev–Trinajstić information content (AvgIpc) is 2.93. The van der Waals surface area contributed by atoms with E-state index in [1.807, 2.05) is 11.8 Å². The summed E-state index contributed by atoms with van der Waals surface area (Å²) in [6, 6.07) is 0. The number of hydrogen-bond donors (Lipinski definition) is 3. The fourth-order valence-corrected chi connectivity index (χ4v) is 7.15. The second-order valence-corrected chi connectivity index (χ2v) is 13.6. The van der Waals surface area contributed by atoms with E-state index in [0.717, 1.165) is 37.4 Å². The summed E-state index contributed by atoms with van der Waals surface area (Å²) >= 11 is 4.23. The quantitative estimate of drug-likeness (QED) is 0.0617. The summed E-state index contributed by atoms with van der Waals surface area (Å²) in [6.45, 7) is 3.95. The van der Waals surface area contributed by atoms with Crippen molar-refractivity contribution in [2.24, 2.45) is 5.92 Å². The van der Waals surface area contributed by atoms with E-state index in [9.17, 15) is 15.0 Å². The van der Waals surface area contributed by atoms with Crippen LogP contribution in [0.2, 0.25) is 0 Å². The van der Waals surface area contributed by atoms with Gasteiger partial charge in [0.15, 0.2) is 0 Å². The Morgan fingerprint density at radius 3 is 1.89 bits per heavy atom. The molecule has 0 radical (unpaired) electrons. The molecule has 3 N–H and O–H groups in total. The minimum atomic E-state index is -0.827. The normalized spacial score (nSPS) is 14.8. The zero-order valence-corrected chi connectivity index (χ0v) is 26.7. The highest BCUT2D eigenvalue weighted by Crippen LogP contribution is 2.26. The molecule has 5 nitrogen and oxygen atoms in total. The molecule has 4 atom stereocenters. The smallest absolute Gasteiger partial charge is 0.305 e. The van der Waals surface area contributed by atoms with Gasteiger partial charge in [0.25, 0.3) is 0 Å². The number of unbranched alkanes of at least 4 members (excludes halogenated alkanes) is 12. The van der Waals surface area contributed by atoms with Crippen LogP contribution < -0.4 is 0 Å². The van der Waals surface area contributed by atoms with Gasteiger partial charge in [0.05, 0.1) is 19.3 Å². The Balaban J connectivity index is 3.98. The summed E-state index contributed by atoms with van der Waals surface area (Å²) in [4.78, 5) is 11.2. The highest BCUT2D eigenvalue weighted by Gasteiger charge is 2.21. The number of aliphatic hydroxyl groups excluding tert-OH is 3. The lowest BCUT2D eigenvalue weighted by molar-refractivity contribution is -0.140. The maximum atomic E-state index is 11.2. The van der Waals surface area contributed by atoms with Gasteiger partial charge in [0.1, 0.15) is 0 Å². The number of hydrogen-bond acceptors (Lipinski definition) is 7. The molecular formula is C31H62O5S2. The number of ether oxygens (including phenoxy) is 1. The van der Waals surface area contributed by atoms with Crippen LogP contribution in [0.25, 0.3) is 0 Å². The third-order valence-electron chi connectivity index (χ3n) is 7.40. The van der Waals surface area contributed by atoms with Crippen molar-refractivity contribution >= 4 is 29.5 Å². The molecule has 7 heteroatoms. The first kappa shape index (κ1) is 38.0. The minimum absolute atomic E-state index is 0.0865. The summed E-state index contributed by atoms with van der Waals surface area (Å²) in [5.41, 5.74) is 0. The molecule has 2 unspecified atom stereocenters. The van der Waals surface area contributed by atoms with Crippen LogP contribution in [-0.2, 0) is 9.53 Å². The fourth-order valence-electron chi connectivity index (χ4n) is 4.68. The van der Waals surface area contributed by atoms with Crippen molar-refractivity contribution in [2.45, 2.75) is 153 Å². The largest absolute Gasteiger partial charge is 0.469 e. The van der Waals surface area contributed by atoms with Gasteiger partial charge in [-0.1, -0.05) is 97.3 Å². The van der Waals surface area contributed by atoms with Crippen molar-refractivity contribution in [3.63, 3.8) is 0 Å². The number of rotatable bonds is 29. The highest BCUT2D eigenvalue weighted by atomic mass is 32.2. The molecule has 0 aliphatic heterocycles. The summed E-state index contributed by atoms with van der Waals surface area (Å²) in [5, 5.41) is 29.9. The highest BCUT2D eigenvalue weighted by molar-refractivity contribution is 8.03. The van der Waals surface area contributed by atoms with Crippen LogP contribution in [0.15, 0.2) is 0 Å². The molecule has 0 aromatic heterocycles. The van der Waals surface area contributed by atoms with Crippen LogP contribution in [0.5, 0.6) is 0 Å². The van der Waals surface area contributed by atoms with Crippen molar-refractivity contribution < 1.29 is 24.9 Å². The number of aliphatic hydroxyl groups is 3. The van der Waals surface area contributed by atoms with E-state index in [1.165, 1.54) is 101 Å². The van der Waals surface area contributed by atoms with Gasteiger partial charge in [-0.05, 0) is 37.9 Å². The van der Waals surface area contributed by atoms with Gasteiger partial charge in [0, 0.05) is 35.7 Å². The Morgan fingerprint density at radius 2 is 1.29 bits per heavy atom. The van der Waals surface area contributed by atoms with E-state index >= 15 is 0 Å². The Bertz CT molecular complexity index is 509. The molecule has 0 rings (SSSR count). The van der Waals surface area contributed by atoms with Crippen molar-refractivity contribution in [1.82, 2.24) is 0 Å². The van der Waals surface area contributed by atoms with Gasteiger partial charge < -0.3 is 20.1 Å². The van der Waals surface area contributed by atoms with Crippen molar-refractivity contribution in [3.05, 3.63) is 0 Å². The maximum absolute atomic E-state index is 11.2. The van der Waals surface area contributed by atoms with Gasteiger partial charge in [-0.3, -0.25) is 4.79 Å². The van der Waals surface area contributed by atoms with E-state index < -0.39 is 12.2 Å². The SMILES string of the molecule is CCCCCCCCCC(CCCCCCCC(=O)OC)SCCSCCCCCC(O)[C@@H](O)[C@H](C)CO. The van der Waals surface area contributed by atoms with Crippen LogP contribution >= 0.6 is 23.5 Å². The van der Waals surface area contributed by atoms with Gasteiger partial charge >= 0.3 is 5.97 Å². The molecule has 0 fully saturated rings. The number of methoxy groups -OCH3 is 1. The predicted octanol–water partition coefficient (Wildman–Crippen LogP) is 7.78. The van der Waals surface area contributed by atoms with Gasteiger partial charge in [-0.25, -0.2) is 0 Å². The van der Waals surface area contributed by atoms with Crippen molar-refractivity contribution in [1.29, 1.82) is 0 Å². The Morgan fingerprint density at radius 1 is 0.737 bits per heavy atom. The third kappa shape index (κ3) is 23.9. The molecule has 0 saturated heterocycles. The van der Waals surface area contributed by atoms with E-state index in [-0.39, 0.29) is 18.5 Å². The molecule has 0 saturated carbocycles. The summed E-state index contributed by atoms with van der Waals surface area (Å²) in [7, 11) is 1.47. The topological polar surface area (TPSA) is 87.0 Å². The zero-order chi connectivity index (χ0) is 28.3. The third-order valence-corrected chi connectivity index (χ3v) is 10.1. The number of carbonyl (C=O) groups is 1. The Hall–Kier alpha value is 0.0500. The molecule has 0 bridgehead atoms. The first-order chi connectivity index (χ1) is 18.5. The number of esters is 1. The lowest BCUT2D eigenvalue weighted by Gasteiger charge is -2.22. The van der Waals surface area contributed by atoms with E-state index in [0.29, 0.717) is 12.8 Å². The van der Waals surface area contributed by atoms with Crippen molar-refractivity contribution in [2.75, 3.05) is 31.0 Å². The molecule has 0 heterocycles. The lowest BCUT2D eigenvalue weighted by atomic mass is 9.97. The molecule has 0 aromatic carbocycles. The Kier molecular flexibility index (Phi) is 28.6. The minimum Gasteiger partial charge on any atom is -0.469 e. The first-order valence-corrected chi connectivity index (χ1v) is 17.9. The maximum Gasteiger partial charge on any atom is 0.305 e. The standard InChI is InChI=1S/C31H62O5S2/c1-4-5-6-7-8-10-14-19-28(20-15-11-9-12-17-22-30(34)36-3)38-25-24-37-23-18-13-16-21-29(33)31(35)27(2)26-32/h27-29,31-33,35H,4-26H2,1-3H3/t27-,28?,29?,31+/m1/s1. The molecule has 0 amide bonds. The summed E-state index contributed by atoms with van der Waals surface area (Å²) in [6.07, 6.45) is 21.0. The second kappa shape index (κ2) is 28.6. The fraction of sp³-hybridized carbons (Fsp3) is 0.968. The van der Waals surface area contributed by atoms with Crippen molar-refractivity contribution in [3.8, 4) is 0 Å². The molecule has 228 valence electrons. The first-order valence-electron chi connectivity index (χ1n) is 15.7.